The van der Waals surface area contributed by atoms with Crippen molar-refractivity contribution in [3.05, 3.63) is 42.5 Å². The van der Waals surface area contributed by atoms with E-state index in [2.05, 4.69) is 10.6 Å². The SMILES string of the molecule is COc1ccc(S(=O)(=O)N2CCCC[C@@H]2CC(=O)Nc2cc(NC(C)=O)ccc2OC)cc1. The zero-order valence-electron chi connectivity index (χ0n) is 19.0. The third-order valence-electron chi connectivity index (χ3n) is 5.45. The van der Waals surface area contributed by atoms with Gasteiger partial charge in [0, 0.05) is 31.6 Å². The van der Waals surface area contributed by atoms with Crippen molar-refractivity contribution in [2.75, 3.05) is 31.4 Å². The van der Waals surface area contributed by atoms with Gasteiger partial charge in [-0.05, 0) is 55.3 Å². The number of hydrogen-bond donors (Lipinski definition) is 2. The minimum atomic E-state index is -3.76. The number of carbonyl (C=O) groups is 2. The van der Waals surface area contributed by atoms with E-state index in [1.165, 1.54) is 37.6 Å². The number of nitrogens with one attached hydrogen (secondary N) is 2. The lowest BCUT2D eigenvalue weighted by atomic mass is 10.0. The molecule has 10 heteroatoms. The molecule has 2 aromatic rings. The smallest absolute Gasteiger partial charge is 0.243 e. The lowest BCUT2D eigenvalue weighted by Crippen LogP contribution is -2.45. The van der Waals surface area contributed by atoms with Crippen LogP contribution in [0.5, 0.6) is 11.5 Å². The number of ether oxygens (including phenoxy) is 2. The van der Waals surface area contributed by atoms with Crippen molar-refractivity contribution in [1.29, 1.82) is 0 Å². The van der Waals surface area contributed by atoms with Crippen molar-refractivity contribution in [3.63, 3.8) is 0 Å². The molecule has 2 amide bonds. The summed E-state index contributed by atoms with van der Waals surface area (Å²) >= 11 is 0. The first kappa shape index (κ1) is 24.5. The van der Waals surface area contributed by atoms with Gasteiger partial charge in [0.2, 0.25) is 21.8 Å². The quantitative estimate of drug-likeness (QED) is 0.606. The van der Waals surface area contributed by atoms with Crippen molar-refractivity contribution in [2.45, 2.75) is 43.5 Å². The predicted molar refractivity (Wildman–Crippen MR) is 125 cm³/mol. The van der Waals surface area contributed by atoms with Crippen molar-refractivity contribution < 1.29 is 27.5 Å². The van der Waals surface area contributed by atoms with Crippen LogP contribution >= 0.6 is 0 Å². The van der Waals surface area contributed by atoms with Gasteiger partial charge >= 0.3 is 0 Å². The van der Waals surface area contributed by atoms with Gasteiger partial charge in [0.05, 0.1) is 24.8 Å². The summed E-state index contributed by atoms with van der Waals surface area (Å²) in [5, 5.41) is 5.46. The Morgan fingerprint density at radius 1 is 1.03 bits per heavy atom. The van der Waals surface area contributed by atoms with E-state index < -0.39 is 16.1 Å². The number of hydrogen-bond acceptors (Lipinski definition) is 6. The molecular formula is C23H29N3O6S. The Labute approximate surface area is 194 Å². The standard InChI is InChI=1S/C23H29N3O6S/c1-16(27)24-17-7-12-22(32-3)21(14-17)25-23(28)15-18-6-4-5-13-26(18)33(29,30)20-10-8-19(31-2)9-11-20/h7-12,14,18H,4-6,13,15H2,1-3H3,(H,24,27)(H,25,28)/t18-/m1/s1. The third-order valence-corrected chi connectivity index (χ3v) is 7.42. The Morgan fingerprint density at radius 2 is 1.76 bits per heavy atom. The first-order chi connectivity index (χ1) is 15.7. The van der Waals surface area contributed by atoms with Crippen molar-refractivity contribution in [2.24, 2.45) is 0 Å². The van der Waals surface area contributed by atoms with Crippen molar-refractivity contribution in [1.82, 2.24) is 4.31 Å². The number of sulfonamides is 1. The minimum absolute atomic E-state index is 0.00288. The molecule has 1 fully saturated rings. The first-order valence-corrected chi connectivity index (χ1v) is 12.1. The fraction of sp³-hybridized carbons (Fsp3) is 0.391. The van der Waals surface area contributed by atoms with Crippen LogP contribution in [-0.4, -0.2) is 51.3 Å². The van der Waals surface area contributed by atoms with Gasteiger partial charge in [-0.1, -0.05) is 6.42 Å². The van der Waals surface area contributed by atoms with Gasteiger partial charge in [-0.25, -0.2) is 8.42 Å². The van der Waals surface area contributed by atoms with Gasteiger partial charge in [0.15, 0.2) is 0 Å². The average molecular weight is 476 g/mol. The molecule has 3 rings (SSSR count). The van der Waals surface area contributed by atoms with E-state index in [1.807, 2.05) is 0 Å². The number of rotatable bonds is 8. The van der Waals surface area contributed by atoms with E-state index in [0.717, 1.165) is 12.8 Å². The van der Waals surface area contributed by atoms with Crippen molar-refractivity contribution >= 4 is 33.2 Å². The molecule has 0 radical (unpaired) electrons. The minimum Gasteiger partial charge on any atom is -0.497 e. The second-order valence-electron chi connectivity index (χ2n) is 7.79. The van der Waals surface area contributed by atoms with Gasteiger partial charge in [-0.2, -0.15) is 4.31 Å². The lowest BCUT2D eigenvalue weighted by molar-refractivity contribution is -0.117. The summed E-state index contributed by atoms with van der Waals surface area (Å²) in [6, 6.07) is 10.7. The Hall–Kier alpha value is -3.11. The zero-order valence-corrected chi connectivity index (χ0v) is 19.8. The Morgan fingerprint density at radius 3 is 2.39 bits per heavy atom. The molecule has 2 aromatic carbocycles. The van der Waals surface area contributed by atoms with Crippen LogP contribution < -0.4 is 20.1 Å². The highest BCUT2D eigenvalue weighted by molar-refractivity contribution is 7.89. The molecule has 1 aliphatic rings. The molecular weight excluding hydrogens is 446 g/mol. The Kier molecular flexibility index (Phi) is 7.93. The second kappa shape index (κ2) is 10.7. The number of amides is 2. The summed E-state index contributed by atoms with van der Waals surface area (Å²) in [5.41, 5.74) is 0.911. The van der Waals surface area contributed by atoms with Gasteiger partial charge < -0.3 is 20.1 Å². The summed E-state index contributed by atoms with van der Waals surface area (Å²) in [4.78, 5) is 24.4. The maximum Gasteiger partial charge on any atom is 0.243 e. The van der Waals surface area contributed by atoms with E-state index >= 15 is 0 Å². The Balaban J connectivity index is 1.77. The summed E-state index contributed by atoms with van der Waals surface area (Å²) < 4.78 is 38.4. The van der Waals surface area contributed by atoms with Gasteiger partial charge in [-0.15, -0.1) is 0 Å². The van der Waals surface area contributed by atoms with Crippen LogP contribution in [0.25, 0.3) is 0 Å². The van der Waals surface area contributed by atoms with E-state index in [-0.39, 0.29) is 23.1 Å². The first-order valence-electron chi connectivity index (χ1n) is 10.7. The topological polar surface area (TPSA) is 114 Å². The molecule has 9 nitrogen and oxygen atoms in total. The van der Waals surface area contributed by atoms with Gasteiger partial charge in [-0.3, -0.25) is 9.59 Å². The van der Waals surface area contributed by atoms with E-state index in [4.69, 9.17) is 9.47 Å². The fourth-order valence-corrected chi connectivity index (χ4v) is 5.57. The molecule has 0 unspecified atom stereocenters. The fourth-order valence-electron chi connectivity index (χ4n) is 3.88. The second-order valence-corrected chi connectivity index (χ2v) is 9.68. The lowest BCUT2D eigenvalue weighted by Gasteiger charge is -2.34. The van der Waals surface area contributed by atoms with Crippen LogP contribution in [0.1, 0.15) is 32.6 Å². The molecule has 33 heavy (non-hydrogen) atoms. The summed E-state index contributed by atoms with van der Waals surface area (Å²) in [7, 11) is -0.765. The van der Waals surface area contributed by atoms with Gasteiger partial charge in [0.25, 0.3) is 0 Å². The molecule has 178 valence electrons. The summed E-state index contributed by atoms with van der Waals surface area (Å²) in [5.74, 6) is 0.428. The number of carbonyl (C=O) groups excluding carboxylic acids is 2. The molecule has 1 heterocycles. The molecule has 1 saturated heterocycles. The monoisotopic (exact) mass is 475 g/mol. The molecule has 0 saturated carbocycles. The highest BCUT2D eigenvalue weighted by Crippen LogP contribution is 2.31. The highest BCUT2D eigenvalue weighted by Gasteiger charge is 2.34. The molecule has 0 bridgehead atoms. The van der Waals surface area contributed by atoms with E-state index in [9.17, 15) is 18.0 Å². The largest absolute Gasteiger partial charge is 0.497 e. The Bertz CT molecular complexity index is 1100. The molecule has 1 aliphatic heterocycles. The highest BCUT2D eigenvalue weighted by atomic mass is 32.2. The third kappa shape index (κ3) is 6.02. The van der Waals surface area contributed by atoms with Crippen LogP contribution in [0.2, 0.25) is 0 Å². The molecule has 0 aliphatic carbocycles. The summed E-state index contributed by atoms with van der Waals surface area (Å²) in [6.07, 6.45) is 2.17. The molecule has 0 aromatic heterocycles. The summed E-state index contributed by atoms with van der Waals surface area (Å²) in [6.45, 7) is 1.75. The van der Waals surface area contributed by atoms with E-state index in [1.54, 1.807) is 30.3 Å². The van der Waals surface area contributed by atoms with Crippen LogP contribution in [-0.2, 0) is 19.6 Å². The normalized spacial score (nSPS) is 16.6. The maximum atomic E-state index is 13.3. The molecule has 1 atom stereocenters. The van der Waals surface area contributed by atoms with Crippen LogP contribution in [0.3, 0.4) is 0 Å². The zero-order chi connectivity index (χ0) is 24.0. The van der Waals surface area contributed by atoms with Gasteiger partial charge in [0.1, 0.15) is 11.5 Å². The number of piperidine rings is 1. The average Bonchev–Trinajstić information content (AvgIpc) is 2.79. The number of anilines is 2. The number of methoxy groups -OCH3 is 2. The van der Waals surface area contributed by atoms with Crippen LogP contribution in [0.15, 0.2) is 47.4 Å². The molecule has 2 N–H and O–H groups in total. The molecule has 0 spiro atoms. The van der Waals surface area contributed by atoms with Crippen LogP contribution in [0, 0.1) is 0 Å². The predicted octanol–water partition coefficient (Wildman–Crippen LogP) is 3.23. The van der Waals surface area contributed by atoms with Crippen LogP contribution in [0.4, 0.5) is 11.4 Å². The number of benzene rings is 2. The van der Waals surface area contributed by atoms with E-state index in [0.29, 0.717) is 35.8 Å². The van der Waals surface area contributed by atoms with Crippen molar-refractivity contribution in [3.8, 4) is 11.5 Å². The number of nitrogens with zero attached hydrogens (tertiary/aromatic N) is 1. The maximum absolute atomic E-state index is 13.3.